The number of benzene rings is 1. The molecule has 4 N–H and O–H groups in total. The quantitative estimate of drug-likeness (QED) is 0.496. The number of nitrogens with one attached hydrogen (secondary N) is 3. The van der Waals surface area contributed by atoms with Crippen LogP contribution in [0.5, 0.6) is 0 Å². The molecule has 0 heterocycles. The Morgan fingerprint density at radius 1 is 1.19 bits per heavy atom. The highest BCUT2D eigenvalue weighted by atomic mass is 16.3. The summed E-state index contributed by atoms with van der Waals surface area (Å²) in [6.45, 7) is 3.89. The van der Waals surface area contributed by atoms with Gasteiger partial charge in [0.1, 0.15) is 6.23 Å². The summed E-state index contributed by atoms with van der Waals surface area (Å²) in [6, 6.07) is 7.50. The van der Waals surface area contributed by atoms with Gasteiger partial charge >= 0.3 is 0 Å². The maximum Gasteiger partial charge on any atom is 0.251 e. The van der Waals surface area contributed by atoms with Crippen molar-refractivity contribution in [3.63, 3.8) is 0 Å². The number of hydrazine groups is 1. The Morgan fingerprint density at radius 3 is 2.38 bits per heavy atom. The molecule has 0 bridgehead atoms. The maximum absolute atomic E-state index is 12.2. The number of carbonyl (C=O) groups excluding carboxylic acids is 1. The first kappa shape index (κ1) is 15.8. The van der Waals surface area contributed by atoms with Crippen molar-refractivity contribution in [2.75, 3.05) is 5.43 Å². The lowest BCUT2D eigenvalue weighted by Gasteiger charge is -2.26. The maximum atomic E-state index is 12.2. The van der Waals surface area contributed by atoms with Gasteiger partial charge in [0.25, 0.3) is 5.91 Å². The van der Waals surface area contributed by atoms with Crippen molar-refractivity contribution >= 4 is 11.6 Å². The molecule has 0 aromatic heterocycles. The molecule has 1 unspecified atom stereocenters. The Bertz CT molecular complexity index is 451. The fourth-order valence-electron chi connectivity index (χ4n) is 2.57. The fourth-order valence-corrected chi connectivity index (χ4v) is 2.57. The summed E-state index contributed by atoms with van der Waals surface area (Å²) >= 11 is 0. The number of aliphatic hydroxyl groups excluding tert-OH is 1. The number of aliphatic hydroxyl groups is 1. The van der Waals surface area contributed by atoms with Crippen molar-refractivity contribution in [1.29, 1.82) is 0 Å². The highest BCUT2D eigenvalue weighted by Gasteiger charge is 2.20. The third-order valence-corrected chi connectivity index (χ3v) is 3.92. The molecule has 1 aromatic carbocycles. The number of hydrogen-bond donors (Lipinski definition) is 4. The predicted molar refractivity (Wildman–Crippen MR) is 83.8 cm³/mol. The highest BCUT2D eigenvalue weighted by molar-refractivity contribution is 5.94. The Balaban J connectivity index is 1.85. The predicted octanol–water partition coefficient (Wildman–Crippen LogP) is 2.25. The highest BCUT2D eigenvalue weighted by Crippen LogP contribution is 2.23. The lowest BCUT2D eigenvalue weighted by atomic mass is 9.87. The molecule has 1 fully saturated rings. The summed E-state index contributed by atoms with van der Waals surface area (Å²) in [6.07, 6.45) is 3.90. The lowest BCUT2D eigenvalue weighted by molar-refractivity contribution is 0.0923. The molecule has 0 spiro atoms. The van der Waals surface area contributed by atoms with E-state index in [-0.39, 0.29) is 5.91 Å². The molecule has 1 aliphatic rings. The molecule has 5 heteroatoms. The van der Waals surface area contributed by atoms with Crippen LogP contribution in [-0.4, -0.2) is 23.3 Å². The van der Waals surface area contributed by atoms with E-state index in [4.69, 9.17) is 5.11 Å². The van der Waals surface area contributed by atoms with E-state index < -0.39 is 6.23 Å². The summed E-state index contributed by atoms with van der Waals surface area (Å²) in [5.41, 5.74) is 7.02. The summed E-state index contributed by atoms with van der Waals surface area (Å²) in [5.74, 6) is 0.773. The van der Waals surface area contributed by atoms with Gasteiger partial charge in [-0.15, -0.1) is 0 Å². The van der Waals surface area contributed by atoms with Gasteiger partial charge in [-0.3, -0.25) is 4.79 Å². The molecule has 1 saturated carbocycles. The van der Waals surface area contributed by atoms with E-state index in [1.54, 1.807) is 19.1 Å². The van der Waals surface area contributed by atoms with Crippen LogP contribution in [0.3, 0.4) is 0 Å². The normalized spacial score (nSPS) is 23.4. The molecule has 2 rings (SSSR count). The second-order valence-corrected chi connectivity index (χ2v) is 5.95. The molecular formula is C16H25N3O2. The summed E-state index contributed by atoms with van der Waals surface area (Å²) in [7, 11) is 0. The Kier molecular flexibility index (Phi) is 5.59. The van der Waals surface area contributed by atoms with Gasteiger partial charge in [0.15, 0.2) is 0 Å². The lowest BCUT2D eigenvalue weighted by Crippen LogP contribution is -2.37. The van der Waals surface area contributed by atoms with Gasteiger partial charge < -0.3 is 15.8 Å². The van der Waals surface area contributed by atoms with E-state index >= 15 is 0 Å². The van der Waals surface area contributed by atoms with Gasteiger partial charge in [0, 0.05) is 17.3 Å². The van der Waals surface area contributed by atoms with Crippen molar-refractivity contribution in [3.8, 4) is 0 Å². The van der Waals surface area contributed by atoms with Crippen LogP contribution in [0, 0.1) is 5.92 Å². The van der Waals surface area contributed by atoms with Crippen LogP contribution < -0.4 is 16.2 Å². The van der Waals surface area contributed by atoms with Crippen LogP contribution in [0.15, 0.2) is 24.3 Å². The molecule has 0 saturated heterocycles. The minimum absolute atomic E-state index is 0.00964. The first-order valence-electron chi connectivity index (χ1n) is 7.65. The van der Waals surface area contributed by atoms with E-state index in [1.165, 1.54) is 12.8 Å². The molecule has 0 aliphatic heterocycles. The van der Waals surface area contributed by atoms with E-state index in [1.807, 2.05) is 12.1 Å². The van der Waals surface area contributed by atoms with Crippen molar-refractivity contribution in [3.05, 3.63) is 29.8 Å². The van der Waals surface area contributed by atoms with Crippen LogP contribution in [-0.2, 0) is 0 Å². The fraction of sp³-hybridized carbons (Fsp3) is 0.562. The molecule has 21 heavy (non-hydrogen) atoms. The van der Waals surface area contributed by atoms with Gasteiger partial charge in [-0.2, -0.15) is 0 Å². The number of amides is 1. The standard InChI is InChI=1S/C16H25N3O2/c1-11-3-7-14(8-4-11)17-16(21)13-5-9-15(10-6-13)19-18-12(2)20/h5-6,9-12,14,18-20H,3-4,7-8H2,1-2H3,(H,17,21). The van der Waals surface area contributed by atoms with E-state index in [9.17, 15) is 4.79 Å². The van der Waals surface area contributed by atoms with Gasteiger partial charge in [0.05, 0.1) is 0 Å². The summed E-state index contributed by atoms with van der Waals surface area (Å²) < 4.78 is 0. The van der Waals surface area contributed by atoms with Crippen LogP contribution in [0.1, 0.15) is 49.9 Å². The third-order valence-electron chi connectivity index (χ3n) is 3.92. The largest absolute Gasteiger partial charge is 0.377 e. The topological polar surface area (TPSA) is 73.4 Å². The van der Waals surface area contributed by atoms with Crippen molar-refractivity contribution in [2.24, 2.45) is 5.92 Å². The molecule has 1 aliphatic carbocycles. The summed E-state index contributed by atoms with van der Waals surface area (Å²) in [4.78, 5) is 12.2. The smallest absolute Gasteiger partial charge is 0.251 e. The van der Waals surface area contributed by atoms with Crippen LogP contribution in [0.2, 0.25) is 0 Å². The monoisotopic (exact) mass is 291 g/mol. The Hall–Kier alpha value is -1.59. The Labute approximate surface area is 126 Å². The first-order chi connectivity index (χ1) is 10.0. The summed E-state index contributed by atoms with van der Waals surface area (Å²) in [5, 5.41) is 12.2. The van der Waals surface area contributed by atoms with Crippen LogP contribution >= 0.6 is 0 Å². The number of carbonyl (C=O) groups is 1. The molecule has 1 atom stereocenters. The molecular weight excluding hydrogens is 266 g/mol. The zero-order valence-electron chi connectivity index (χ0n) is 12.7. The number of rotatable bonds is 5. The SMILES string of the molecule is CC1CCC(NC(=O)c2ccc(NNC(C)O)cc2)CC1. The first-order valence-corrected chi connectivity index (χ1v) is 7.65. The number of anilines is 1. The van der Waals surface area contributed by atoms with E-state index in [0.717, 1.165) is 24.4 Å². The number of hydrogen-bond acceptors (Lipinski definition) is 4. The molecule has 1 amide bonds. The van der Waals surface area contributed by atoms with Crippen molar-refractivity contribution in [1.82, 2.24) is 10.7 Å². The molecule has 116 valence electrons. The molecule has 0 radical (unpaired) electrons. The van der Waals surface area contributed by atoms with E-state index in [2.05, 4.69) is 23.1 Å². The van der Waals surface area contributed by atoms with Crippen LogP contribution in [0.25, 0.3) is 0 Å². The van der Waals surface area contributed by atoms with Gasteiger partial charge in [-0.05, 0) is 62.8 Å². The minimum Gasteiger partial charge on any atom is -0.377 e. The van der Waals surface area contributed by atoms with Gasteiger partial charge in [-0.1, -0.05) is 6.92 Å². The zero-order valence-corrected chi connectivity index (χ0v) is 12.7. The van der Waals surface area contributed by atoms with Crippen molar-refractivity contribution < 1.29 is 9.90 Å². The van der Waals surface area contributed by atoms with Crippen molar-refractivity contribution in [2.45, 2.75) is 51.8 Å². The zero-order chi connectivity index (χ0) is 15.2. The second-order valence-electron chi connectivity index (χ2n) is 5.95. The second kappa shape index (κ2) is 7.43. The average Bonchev–Trinajstić information content (AvgIpc) is 2.48. The average molecular weight is 291 g/mol. The minimum atomic E-state index is -0.637. The molecule has 1 aromatic rings. The van der Waals surface area contributed by atoms with E-state index in [0.29, 0.717) is 11.6 Å². The van der Waals surface area contributed by atoms with Gasteiger partial charge in [0.2, 0.25) is 0 Å². The Morgan fingerprint density at radius 2 is 1.81 bits per heavy atom. The van der Waals surface area contributed by atoms with Gasteiger partial charge in [-0.25, -0.2) is 5.43 Å². The third kappa shape index (κ3) is 5.02. The molecule has 5 nitrogen and oxygen atoms in total. The van der Waals surface area contributed by atoms with Crippen LogP contribution in [0.4, 0.5) is 5.69 Å².